The third-order valence-electron chi connectivity index (χ3n) is 3.22. The molecule has 0 radical (unpaired) electrons. The number of amides is 1. The van der Waals surface area contributed by atoms with Crippen LogP contribution in [-0.4, -0.2) is 19.6 Å². The number of carbonyl (C=O) groups is 1. The van der Waals surface area contributed by atoms with Gasteiger partial charge in [-0.3, -0.25) is 4.79 Å². The monoisotopic (exact) mass is 322 g/mol. The number of methoxy groups -OCH3 is 1. The van der Waals surface area contributed by atoms with Crippen LogP contribution in [0, 0.1) is 11.3 Å². The molecule has 5 nitrogen and oxygen atoms in total. The quantitative estimate of drug-likeness (QED) is 0.651. The van der Waals surface area contributed by atoms with Gasteiger partial charge < -0.3 is 14.8 Å². The van der Waals surface area contributed by atoms with E-state index in [-0.39, 0.29) is 5.57 Å². The summed E-state index contributed by atoms with van der Waals surface area (Å²) in [5.74, 6) is 0.978. The van der Waals surface area contributed by atoms with Crippen molar-refractivity contribution in [3.63, 3.8) is 0 Å². The molecule has 122 valence electrons. The maximum atomic E-state index is 12.2. The van der Waals surface area contributed by atoms with Crippen LogP contribution in [-0.2, 0) is 4.79 Å². The minimum atomic E-state index is -0.461. The Labute approximate surface area is 141 Å². The molecule has 2 rings (SSSR count). The number of benzene rings is 2. The van der Waals surface area contributed by atoms with Gasteiger partial charge in [0.2, 0.25) is 0 Å². The minimum Gasteiger partial charge on any atom is -0.497 e. The average molecular weight is 322 g/mol. The summed E-state index contributed by atoms with van der Waals surface area (Å²) >= 11 is 0. The van der Waals surface area contributed by atoms with Crippen LogP contribution in [0.3, 0.4) is 0 Å². The molecule has 0 saturated heterocycles. The second-order valence-corrected chi connectivity index (χ2v) is 4.85. The van der Waals surface area contributed by atoms with Crippen molar-refractivity contribution in [2.45, 2.75) is 6.92 Å². The Kier molecular flexibility index (Phi) is 5.98. The zero-order valence-corrected chi connectivity index (χ0v) is 13.6. The zero-order valence-electron chi connectivity index (χ0n) is 13.6. The summed E-state index contributed by atoms with van der Waals surface area (Å²) in [6, 6.07) is 16.0. The van der Waals surface area contributed by atoms with Crippen LogP contribution in [0.25, 0.3) is 6.08 Å². The summed E-state index contributed by atoms with van der Waals surface area (Å²) < 4.78 is 10.4. The highest BCUT2D eigenvalue weighted by Gasteiger charge is 2.09. The number of nitriles is 1. The average Bonchev–Trinajstić information content (AvgIpc) is 2.62. The van der Waals surface area contributed by atoms with Crippen LogP contribution in [0.15, 0.2) is 54.1 Å². The van der Waals surface area contributed by atoms with Gasteiger partial charge in [-0.15, -0.1) is 0 Å². The van der Waals surface area contributed by atoms with Gasteiger partial charge in [-0.2, -0.15) is 5.26 Å². The molecular formula is C19H18N2O3. The lowest BCUT2D eigenvalue weighted by Gasteiger charge is -2.06. The Morgan fingerprint density at radius 1 is 1.12 bits per heavy atom. The molecule has 1 amide bonds. The summed E-state index contributed by atoms with van der Waals surface area (Å²) in [6.07, 6.45) is 1.53. The Bertz CT molecular complexity index is 757. The second kappa shape index (κ2) is 8.39. The molecule has 0 fully saturated rings. The normalized spacial score (nSPS) is 10.6. The fourth-order valence-electron chi connectivity index (χ4n) is 2.01. The third-order valence-corrected chi connectivity index (χ3v) is 3.22. The molecule has 0 aromatic heterocycles. The van der Waals surface area contributed by atoms with Crippen LogP contribution in [0.2, 0.25) is 0 Å². The number of nitrogens with one attached hydrogen (secondary N) is 1. The van der Waals surface area contributed by atoms with E-state index in [1.54, 1.807) is 55.6 Å². The van der Waals surface area contributed by atoms with Crippen molar-refractivity contribution in [1.82, 2.24) is 0 Å². The topological polar surface area (TPSA) is 71.3 Å². The fraction of sp³-hybridized carbons (Fsp3) is 0.158. The molecule has 0 aliphatic rings. The number of ether oxygens (including phenoxy) is 2. The molecule has 1 N–H and O–H groups in total. The first-order valence-electron chi connectivity index (χ1n) is 7.46. The van der Waals surface area contributed by atoms with Gasteiger partial charge in [0.25, 0.3) is 5.91 Å². The summed E-state index contributed by atoms with van der Waals surface area (Å²) in [5.41, 5.74) is 1.36. The molecule has 0 heterocycles. The summed E-state index contributed by atoms with van der Waals surface area (Å²) in [4.78, 5) is 12.2. The number of rotatable bonds is 6. The molecule has 0 aliphatic carbocycles. The summed E-state index contributed by atoms with van der Waals surface area (Å²) in [5, 5.41) is 11.9. The van der Waals surface area contributed by atoms with Crippen LogP contribution in [0.1, 0.15) is 12.5 Å². The van der Waals surface area contributed by atoms with Gasteiger partial charge in [-0.05, 0) is 55.0 Å². The SMILES string of the molecule is CCOc1ccc(NC(=O)/C(C#N)=C\c2ccc(OC)cc2)cc1. The zero-order chi connectivity index (χ0) is 17.4. The predicted molar refractivity (Wildman–Crippen MR) is 92.8 cm³/mol. The molecule has 0 bridgehead atoms. The number of hydrogen-bond donors (Lipinski definition) is 1. The van der Waals surface area contributed by atoms with Crippen molar-refractivity contribution in [2.75, 3.05) is 19.0 Å². The van der Waals surface area contributed by atoms with Crippen molar-refractivity contribution in [2.24, 2.45) is 0 Å². The minimum absolute atomic E-state index is 0.0223. The third kappa shape index (κ3) is 4.62. The van der Waals surface area contributed by atoms with Gasteiger partial charge >= 0.3 is 0 Å². The fourth-order valence-corrected chi connectivity index (χ4v) is 2.01. The number of nitrogens with zero attached hydrogens (tertiary/aromatic N) is 1. The first kappa shape index (κ1) is 17.1. The Morgan fingerprint density at radius 3 is 2.29 bits per heavy atom. The lowest BCUT2D eigenvalue weighted by atomic mass is 10.1. The lowest BCUT2D eigenvalue weighted by molar-refractivity contribution is -0.112. The maximum absolute atomic E-state index is 12.2. The van der Waals surface area contributed by atoms with Gasteiger partial charge in [0, 0.05) is 5.69 Å². The number of hydrogen-bond acceptors (Lipinski definition) is 4. The van der Waals surface area contributed by atoms with Crippen molar-refractivity contribution in [1.29, 1.82) is 5.26 Å². The summed E-state index contributed by atoms with van der Waals surface area (Å²) in [6.45, 7) is 2.48. The smallest absolute Gasteiger partial charge is 0.266 e. The van der Waals surface area contributed by atoms with E-state index in [9.17, 15) is 10.1 Å². The highest BCUT2D eigenvalue weighted by Crippen LogP contribution is 2.17. The van der Waals surface area contributed by atoms with Crippen molar-refractivity contribution in [3.05, 3.63) is 59.7 Å². The highest BCUT2D eigenvalue weighted by molar-refractivity contribution is 6.09. The largest absolute Gasteiger partial charge is 0.497 e. The van der Waals surface area contributed by atoms with Crippen molar-refractivity contribution in [3.8, 4) is 17.6 Å². The molecule has 2 aromatic carbocycles. The van der Waals surface area contributed by atoms with E-state index >= 15 is 0 Å². The first-order chi connectivity index (χ1) is 11.7. The van der Waals surface area contributed by atoms with E-state index in [2.05, 4.69) is 5.32 Å². The van der Waals surface area contributed by atoms with E-state index in [0.29, 0.717) is 18.0 Å². The van der Waals surface area contributed by atoms with Gasteiger partial charge in [0.15, 0.2) is 0 Å². The van der Waals surface area contributed by atoms with Crippen LogP contribution in [0.4, 0.5) is 5.69 Å². The molecule has 2 aromatic rings. The van der Waals surface area contributed by atoms with Crippen LogP contribution in [0.5, 0.6) is 11.5 Å². The number of carbonyl (C=O) groups excluding carboxylic acids is 1. The maximum Gasteiger partial charge on any atom is 0.266 e. The molecule has 0 spiro atoms. The number of anilines is 1. The first-order valence-corrected chi connectivity index (χ1v) is 7.46. The molecule has 0 unspecified atom stereocenters. The van der Waals surface area contributed by atoms with E-state index in [0.717, 1.165) is 11.3 Å². The van der Waals surface area contributed by atoms with E-state index < -0.39 is 5.91 Å². The van der Waals surface area contributed by atoms with E-state index in [4.69, 9.17) is 9.47 Å². The highest BCUT2D eigenvalue weighted by atomic mass is 16.5. The lowest BCUT2D eigenvalue weighted by Crippen LogP contribution is -2.13. The summed E-state index contributed by atoms with van der Waals surface area (Å²) in [7, 11) is 1.58. The predicted octanol–water partition coefficient (Wildman–Crippen LogP) is 3.64. The van der Waals surface area contributed by atoms with Gasteiger partial charge in [0.05, 0.1) is 13.7 Å². The molecule has 24 heavy (non-hydrogen) atoms. The van der Waals surface area contributed by atoms with Gasteiger partial charge in [-0.1, -0.05) is 12.1 Å². The van der Waals surface area contributed by atoms with Crippen molar-refractivity contribution >= 4 is 17.7 Å². The molecule has 0 saturated carbocycles. The van der Waals surface area contributed by atoms with Crippen LogP contribution >= 0.6 is 0 Å². The molecule has 5 heteroatoms. The second-order valence-electron chi connectivity index (χ2n) is 4.85. The van der Waals surface area contributed by atoms with Crippen LogP contribution < -0.4 is 14.8 Å². The van der Waals surface area contributed by atoms with Gasteiger partial charge in [0.1, 0.15) is 23.1 Å². The molecule has 0 atom stereocenters. The van der Waals surface area contributed by atoms with Crippen molar-refractivity contribution < 1.29 is 14.3 Å². The van der Waals surface area contributed by atoms with E-state index in [1.807, 2.05) is 13.0 Å². The van der Waals surface area contributed by atoms with E-state index in [1.165, 1.54) is 6.08 Å². The Hall–Kier alpha value is -3.26. The molecular weight excluding hydrogens is 304 g/mol. The van der Waals surface area contributed by atoms with Gasteiger partial charge in [-0.25, -0.2) is 0 Å². The Balaban J connectivity index is 2.10. The molecule has 0 aliphatic heterocycles. The Morgan fingerprint density at radius 2 is 1.75 bits per heavy atom. The standard InChI is InChI=1S/C19H18N2O3/c1-3-24-18-10-6-16(7-11-18)21-19(22)15(13-20)12-14-4-8-17(23-2)9-5-14/h4-12H,3H2,1-2H3,(H,21,22)/b15-12-.